The summed E-state index contributed by atoms with van der Waals surface area (Å²) in [6.45, 7) is 0. The molecule has 0 spiro atoms. The Kier molecular flexibility index (Phi) is 4.71. The molecule has 2 aromatic carbocycles. The van der Waals surface area contributed by atoms with Crippen LogP contribution in [0.1, 0.15) is 15.9 Å². The van der Waals surface area contributed by atoms with Crippen molar-refractivity contribution < 1.29 is 22.7 Å². The highest BCUT2D eigenvalue weighted by Gasteiger charge is 2.33. The van der Waals surface area contributed by atoms with E-state index in [1.54, 1.807) is 23.7 Å². The van der Waals surface area contributed by atoms with Gasteiger partial charge in [-0.05, 0) is 36.4 Å². The number of carbonyl (C=O) groups is 1. The van der Waals surface area contributed by atoms with Crippen LogP contribution in [-0.2, 0) is 6.18 Å². The van der Waals surface area contributed by atoms with Gasteiger partial charge in [-0.1, -0.05) is 23.5 Å². The lowest BCUT2D eigenvalue weighted by molar-refractivity contribution is -0.136. The molecular weight excluding hydrogens is 353 g/mol. The number of amides is 1. The summed E-state index contributed by atoms with van der Waals surface area (Å²) < 4.78 is 44.3. The first-order valence-corrected chi connectivity index (χ1v) is 7.96. The van der Waals surface area contributed by atoms with E-state index < -0.39 is 17.6 Å². The SMILES string of the molecule is O=C(Nc1ccccc1C(F)(F)F)c1ccc(Oc2nccs2)cc1. The number of thiazole rings is 1. The quantitative estimate of drug-likeness (QED) is 0.692. The summed E-state index contributed by atoms with van der Waals surface area (Å²) >= 11 is 1.31. The summed E-state index contributed by atoms with van der Waals surface area (Å²) in [5.74, 6) is -0.167. The fourth-order valence-corrected chi connectivity index (χ4v) is 2.57. The minimum absolute atomic E-state index is 0.212. The number of nitrogens with zero attached hydrogens (tertiary/aromatic N) is 1. The summed E-state index contributed by atoms with van der Waals surface area (Å²) in [7, 11) is 0. The third-order valence-corrected chi connectivity index (χ3v) is 3.86. The van der Waals surface area contributed by atoms with Gasteiger partial charge in [0.1, 0.15) is 5.75 Å². The molecular formula is C17H11F3N2O2S. The molecule has 1 heterocycles. The van der Waals surface area contributed by atoms with E-state index in [0.717, 1.165) is 6.07 Å². The third kappa shape index (κ3) is 4.16. The average molecular weight is 364 g/mol. The number of ether oxygens (including phenoxy) is 1. The van der Waals surface area contributed by atoms with Gasteiger partial charge in [-0.15, -0.1) is 0 Å². The van der Waals surface area contributed by atoms with Gasteiger partial charge in [0.25, 0.3) is 11.1 Å². The minimum Gasteiger partial charge on any atom is -0.431 e. The molecule has 0 atom stereocenters. The molecule has 0 fully saturated rings. The predicted molar refractivity (Wildman–Crippen MR) is 88.0 cm³/mol. The zero-order valence-corrected chi connectivity index (χ0v) is 13.4. The van der Waals surface area contributed by atoms with Gasteiger partial charge in [0.15, 0.2) is 0 Å². The Bertz CT molecular complexity index is 862. The topological polar surface area (TPSA) is 51.2 Å². The lowest BCUT2D eigenvalue weighted by Crippen LogP contribution is -2.16. The van der Waals surface area contributed by atoms with Crippen LogP contribution in [0.25, 0.3) is 0 Å². The van der Waals surface area contributed by atoms with Crippen LogP contribution in [0.3, 0.4) is 0 Å². The second kappa shape index (κ2) is 6.94. The zero-order valence-electron chi connectivity index (χ0n) is 12.6. The molecule has 0 saturated heterocycles. The summed E-state index contributed by atoms with van der Waals surface area (Å²) in [6.07, 6.45) is -2.95. The number of aromatic nitrogens is 1. The van der Waals surface area contributed by atoms with Crippen LogP contribution >= 0.6 is 11.3 Å². The molecule has 1 aromatic heterocycles. The molecule has 0 aliphatic carbocycles. The molecule has 25 heavy (non-hydrogen) atoms. The number of nitrogens with one attached hydrogen (secondary N) is 1. The number of hydrogen-bond donors (Lipinski definition) is 1. The van der Waals surface area contributed by atoms with E-state index in [2.05, 4.69) is 10.3 Å². The van der Waals surface area contributed by atoms with Crippen molar-refractivity contribution in [2.24, 2.45) is 0 Å². The number of para-hydroxylation sites is 1. The molecule has 128 valence electrons. The molecule has 3 rings (SSSR count). The van der Waals surface area contributed by atoms with Gasteiger partial charge >= 0.3 is 6.18 Å². The highest BCUT2D eigenvalue weighted by molar-refractivity contribution is 7.11. The summed E-state index contributed by atoms with van der Waals surface area (Å²) in [4.78, 5) is 16.2. The molecule has 8 heteroatoms. The number of rotatable bonds is 4. The van der Waals surface area contributed by atoms with Crippen molar-refractivity contribution in [3.63, 3.8) is 0 Å². The Morgan fingerprint density at radius 2 is 1.80 bits per heavy atom. The van der Waals surface area contributed by atoms with Crippen LogP contribution in [0.4, 0.5) is 18.9 Å². The van der Waals surface area contributed by atoms with E-state index in [4.69, 9.17) is 4.74 Å². The molecule has 1 amide bonds. The minimum atomic E-state index is -4.55. The monoisotopic (exact) mass is 364 g/mol. The third-order valence-electron chi connectivity index (χ3n) is 3.21. The molecule has 0 saturated carbocycles. The maximum atomic E-state index is 13.0. The first-order valence-electron chi connectivity index (χ1n) is 7.08. The molecule has 0 aliphatic heterocycles. The number of carbonyl (C=O) groups excluding carboxylic acids is 1. The van der Waals surface area contributed by atoms with E-state index in [-0.39, 0.29) is 11.3 Å². The van der Waals surface area contributed by atoms with Crippen molar-refractivity contribution in [1.82, 2.24) is 4.98 Å². The molecule has 1 N–H and O–H groups in total. The Morgan fingerprint density at radius 1 is 1.08 bits per heavy atom. The van der Waals surface area contributed by atoms with Crippen LogP contribution in [-0.4, -0.2) is 10.9 Å². The smallest absolute Gasteiger partial charge is 0.418 e. The van der Waals surface area contributed by atoms with E-state index in [1.165, 1.54) is 41.7 Å². The highest BCUT2D eigenvalue weighted by Crippen LogP contribution is 2.34. The molecule has 0 bridgehead atoms. The number of alkyl halides is 3. The Hall–Kier alpha value is -2.87. The standard InChI is InChI=1S/C17H11F3N2O2S/c18-17(19,20)13-3-1-2-4-14(13)22-15(23)11-5-7-12(8-6-11)24-16-21-9-10-25-16/h1-10H,(H,22,23). The molecule has 0 aliphatic rings. The molecule has 0 radical (unpaired) electrons. The van der Waals surface area contributed by atoms with Crippen LogP contribution < -0.4 is 10.1 Å². The summed E-state index contributed by atoms with van der Waals surface area (Å²) in [6, 6.07) is 10.8. The average Bonchev–Trinajstić information content (AvgIpc) is 3.08. The van der Waals surface area contributed by atoms with E-state index in [1.807, 2.05) is 0 Å². The largest absolute Gasteiger partial charge is 0.431 e. The number of benzene rings is 2. The van der Waals surface area contributed by atoms with Gasteiger partial charge in [0.2, 0.25) is 0 Å². The first-order chi connectivity index (χ1) is 11.9. The lowest BCUT2D eigenvalue weighted by Gasteiger charge is -2.13. The van der Waals surface area contributed by atoms with E-state index >= 15 is 0 Å². The highest BCUT2D eigenvalue weighted by atomic mass is 32.1. The van der Waals surface area contributed by atoms with E-state index in [9.17, 15) is 18.0 Å². The summed E-state index contributed by atoms with van der Waals surface area (Å²) in [5, 5.41) is 4.50. The zero-order chi connectivity index (χ0) is 17.9. The fraction of sp³-hybridized carbons (Fsp3) is 0.0588. The normalized spacial score (nSPS) is 11.2. The van der Waals surface area contributed by atoms with Crippen molar-refractivity contribution in [1.29, 1.82) is 0 Å². The van der Waals surface area contributed by atoms with Crippen LogP contribution in [0.2, 0.25) is 0 Å². The van der Waals surface area contributed by atoms with Crippen molar-refractivity contribution in [2.45, 2.75) is 6.18 Å². The molecule has 3 aromatic rings. The maximum absolute atomic E-state index is 13.0. The van der Waals surface area contributed by atoms with Gasteiger partial charge in [0, 0.05) is 17.1 Å². The Balaban J connectivity index is 1.74. The van der Waals surface area contributed by atoms with Gasteiger partial charge in [0.05, 0.1) is 11.3 Å². The number of anilines is 1. The van der Waals surface area contributed by atoms with Crippen molar-refractivity contribution in [3.05, 3.63) is 71.2 Å². The summed E-state index contributed by atoms with van der Waals surface area (Å²) in [5.41, 5.74) is -0.973. The Labute approximate surface area is 144 Å². The molecule has 4 nitrogen and oxygen atoms in total. The predicted octanol–water partition coefficient (Wildman–Crippen LogP) is 5.21. The van der Waals surface area contributed by atoms with Gasteiger partial charge in [-0.3, -0.25) is 4.79 Å². The van der Waals surface area contributed by atoms with Gasteiger partial charge in [-0.2, -0.15) is 13.2 Å². The molecule has 0 unspecified atom stereocenters. The van der Waals surface area contributed by atoms with Gasteiger partial charge < -0.3 is 10.1 Å². The van der Waals surface area contributed by atoms with Crippen LogP contribution in [0.15, 0.2) is 60.1 Å². The second-order valence-electron chi connectivity index (χ2n) is 4.92. The van der Waals surface area contributed by atoms with Crippen molar-refractivity contribution in [2.75, 3.05) is 5.32 Å². The first kappa shape index (κ1) is 17.0. The second-order valence-corrected chi connectivity index (χ2v) is 5.78. The Morgan fingerprint density at radius 3 is 2.44 bits per heavy atom. The number of halogens is 3. The maximum Gasteiger partial charge on any atom is 0.418 e. The van der Waals surface area contributed by atoms with Crippen LogP contribution in [0, 0.1) is 0 Å². The van der Waals surface area contributed by atoms with Crippen molar-refractivity contribution >= 4 is 22.9 Å². The van der Waals surface area contributed by atoms with Gasteiger partial charge in [-0.25, -0.2) is 4.98 Å². The van der Waals surface area contributed by atoms with Crippen LogP contribution in [0.5, 0.6) is 10.9 Å². The number of hydrogen-bond acceptors (Lipinski definition) is 4. The van der Waals surface area contributed by atoms with Crippen molar-refractivity contribution in [3.8, 4) is 10.9 Å². The van der Waals surface area contributed by atoms with E-state index in [0.29, 0.717) is 10.9 Å². The fourth-order valence-electron chi connectivity index (χ4n) is 2.07. The lowest BCUT2D eigenvalue weighted by atomic mass is 10.1.